The summed E-state index contributed by atoms with van der Waals surface area (Å²) in [6, 6.07) is 12.2. The Morgan fingerprint density at radius 2 is 1.52 bits per heavy atom. The van der Waals surface area contributed by atoms with Gasteiger partial charge in [-0.25, -0.2) is 4.79 Å². The number of amides is 4. The van der Waals surface area contributed by atoms with Crippen LogP contribution in [0.5, 0.6) is 17.2 Å². The minimum absolute atomic E-state index is 0.168. The molecular formula is C25H28N2O6. The molecule has 3 rings (SSSR count). The molecule has 0 radical (unpaired) electrons. The monoisotopic (exact) mass is 452 g/mol. The van der Waals surface area contributed by atoms with Crippen molar-refractivity contribution < 1.29 is 28.6 Å². The first-order chi connectivity index (χ1) is 15.9. The van der Waals surface area contributed by atoms with E-state index in [2.05, 4.69) is 19.9 Å². The van der Waals surface area contributed by atoms with Crippen molar-refractivity contribution >= 4 is 23.9 Å². The first kappa shape index (κ1) is 23.8. The molecule has 1 aliphatic heterocycles. The van der Waals surface area contributed by atoms with Gasteiger partial charge in [0.25, 0.3) is 11.8 Å². The highest BCUT2D eigenvalue weighted by molar-refractivity contribution is 6.31. The van der Waals surface area contributed by atoms with Gasteiger partial charge in [0.15, 0.2) is 11.5 Å². The van der Waals surface area contributed by atoms with Crippen molar-refractivity contribution in [3.8, 4) is 17.2 Å². The SMILES string of the molecule is CCOc1cc(C=C2C(=O)NC(=O)NC2=O)ccc1OCCOc1ccccc1[C@H](C)CC. The topological polar surface area (TPSA) is 103 Å². The van der Waals surface area contributed by atoms with Crippen molar-refractivity contribution in [3.63, 3.8) is 0 Å². The van der Waals surface area contributed by atoms with Gasteiger partial charge in [-0.3, -0.25) is 20.2 Å². The summed E-state index contributed by atoms with van der Waals surface area (Å²) in [5.74, 6) is 0.739. The lowest BCUT2D eigenvalue weighted by Gasteiger charge is -2.17. The summed E-state index contributed by atoms with van der Waals surface area (Å²) in [7, 11) is 0. The number of rotatable bonds is 10. The molecule has 2 aromatic rings. The quantitative estimate of drug-likeness (QED) is 0.323. The van der Waals surface area contributed by atoms with Crippen molar-refractivity contribution in [2.45, 2.75) is 33.1 Å². The van der Waals surface area contributed by atoms with E-state index in [1.165, 1.54) is 11.6 Å². The Morgan fingerprint density at radius 3 is 2.18 bits per heavy atom. The second-order valence-electron chi connectivity index (χ2n) is 7.48. The smallest absolute Gasteiger partial charge is 0.328 e. The van der Waals surface area contributed by atoms with Crippen LogP contribution in [0.4, 0.5) is 4.79 Å². The van der Waals surface area contributed by atoms with Crippen LogP contribution in [0.25, 0.3) is 6.08 Å². The Bertz CT molecular complexity index is 1040. The van der Waals surface area contributed by atoms with Crippen LogP contribution in [0, 0.1) is 0 Å². The van der Waals surface area contributed by atoms with E-state index in [1.807, 2.05) is 35.8 Å². The second-order valence-corrected chi connectivity index (χ2v) is 7.48. The second kappa shape index (κ2) is 11.2. The maximum Gasteiger partial charge on any atom is 0.328 e. The zero-order valence-corrected chi connectivity index (χ0v) is 19.0. The van der Waals surface area contributed by atoms with Crippen molar-refractivity contribution in [2.24, 2.45) is 0 Å². The van der Waals surface area contributed by atoms with E-state index in [4.69, 9.17) is 14.2 Å². The molecule has 0 aliphatic carbocycles. The first-order valence-electron chi connectivity index (χ1n) is 10.9. The van der Waals surface area contributed by atoms with Gasteiger partial charge in [0.05, 0.1) is 6.61 Å². The maximum atomic E-state index is 11.9. The number of barbiturate groups is 1. The third kappa shape index (κ3) is 6.12. The first-order valence-corrected chi connectivity index (χ1v) is 10.9. The average molecular weight is 453 g/mol. The van der Waals surface area contributed by atoms with Gasteiger partial charge in [0, 0.05) is 0 Å². The van der Waals surface area contributed by atoms with Gasteiger partial charge in [0.1, 0.15) is 24.5 Å². The predicted octanol–water partition coefficient (Wildman–Crippen LogP) is 3.81. The zero-order chi connectivity index (χ0) is 23.8. The molecule has 0 aromatic heterocycles. The van der Waals surface area contributed by atoms with Gasteiger partial charge in [-0.1, -0.05) is 38.1 Å². The predicted molar refractivity (Wildman–Crippen MR) is 123 cm³/mol. The lowest BCUT2D eigenvalue weighted by Crippen LogP contribution is -2.51. The van der Waals surface area contributed by atoms with Crippen LogP contribution in [0.15, 0.2) is 48.0 Å². The molecule has 4 amide bonds. The van der Waals surface area contributed by atoms with Gasteiger partial charge in [0.2, 0.25) is 0 Å². The maximum absolute atomic E-state index is 11.9. The molecule has 2 N–H and O–H groups in total. The van der Waals surface area contributed by atoms with Crippen LogP contribution in [-0.4, -0.2) is 37.7 Å². The fourth-order valence-electron chi connectivity index (χ4n) is 3.32. The molecule has 1 fully saturated rings. The van der Waals surface area contributed by atoms with Crippen molar-refractivity contribution in [3.05, 3.63) is 59.2 Å². The molecule has 33 heavy (non-hydrogen) atoms. The number of urea groups is 1. The summed E-state index contributed by atoms with van der Waals surface area (Å²) in [5, 5.41) is 4.09. The molecule has 2 aromatic carbocycles. The number of hydrogen-bond acceptors (Lipinski definition) is 6. The third-order valence-electron chi connectivity index (χ3n) is 5.18. The molecule has 0 saturated carbocycles. The van der Waals surface area contributed by atoms with Gasteiger partial charge in [-0.05, 0) is 54.7 Å². The highest BCUT2D eigenvalue weighted by Gasteiger charge is 2.27. The van der Waals surface area contributed by atoms with E-state index in [-0.39, 0.29) is 5.57 Å². The molecular weight excluding hydrogens is 424 g/mol. The summed E-state index contributed by atoms with van der Waals surface area (Å²) < 4.78 is 17.5. The number of carbonyl (C=O) groups is 3. The van der Waals surface area contributed by atoms with E-state index in [0.29, 0.717) is 42.8 Å². The highest BCUT2D eigenvalue weighted by atomic mass is 16.5. The zero-order valence-electron chi connectivity index (χ0n) is 19.0. The standard InChI is InChI=1S/C25H28N2O6/c1-4-16(3)18-8-6-7-9-20(18)32-12-13-33-21-11-10-17(15-22(21)31-5-2)14-19-23(28)26-25(30)27-24(19)29/h6-11,14-16H,4-5,12-13H2,1-3H3,(H2,26,27,28,29,30)/t16-/m1/s1. The van der Waals surface area contributed by atoms with Gasteiger partial charge in [-0.2, -0.15) is 0 Å². The summed E-state index contributed by atoms with van der Waals surface area (Å²) in [4.78, 5) is 35.1. The number of nitrogens with one attached hydrogen (secondary N) is 2. The van der Waals surface area contributed by atoms with Crippen LogP contribution in [0.3, 0.4) is 0 Å². The number of hydrogen-bond donors (Lipinski definition) is 2. The molecule has 8 nitrogen and oxygen atoms in total. The average Bonchev–Trinajstić information content (AvgIpc) is 2.80. The fourth-order valence-corrected chi connectivity index (χ4v) is 3.32. The molecule has 0 spiro atoms. The lowest BCUT2D eigenvalue weighted by atomic mass is 9.98. The number of ether oxygens (including phenoxy) is 3. The third-order valence-corrected chi connectivity index (χ3v) is 5.18. The Hall–Kier alpha value is -3.81. The van der Waals surface area contributed by atoms with Crippen LogP contribution in [-0.2, 0) is 9.59 Å². The van der Waals surface area contributed by atoms with Crippen LogP contribution in [0.1, 0.15) is 44.2 Å². The van der Waals surface area contributed by atoms with Gasteiger partial charge in [-0.15, -0.1) is 0 Å². The lowest BCUT2D eigenvalue weighted by molar-refractivity contribution is -0.123. The number of carbonyl (C=O) groups excluding carboxylic acids is 3. The minimum atomic E-state index is -0.838. The molecule has 8 heteroatoms. The Labute approximate surface area is 192 Å². The van der Waals surface area contributed by atoms with Gasteiger partial charge >= 0.3 is 6.03 Å². The molecule has 0 unspecified atom stereocenters. The fraction of sp³-hybridized carbons (Fsp3) is 0.320. The molecule has 174 valence electrons. The summed E-state index contributed by atoms with van der Waals surface area (Å²) in [6.45, 7) is 7.23. The Kier molecular flexibility index (Phi) is 8.07. The summed E-state index contributed by atoms with van der Waals surface area (Å²) >= 11 is 0. The summed E-state index contributed by atoms with van der Waals surface area (Å²) in [5.41, 5.74) is 1.56. The van der Waals surface area contributed by atoms with E-state index in [1.54, 1.807) is 18.2 Å². The Morgan fingerprint density at radius 1 is 0.848 bits per heavy atom. The number of para-hydroxylation sites is 1. The Balaban J connectivity index is 1.67. The number of imide groups is 2. The molecule has 1 saturated heterocycles. The van der Waals surface area contributed by atoms with E-state index in [0.717, 1.165) is 12.2 Å². The number of benzene rings is 2. The van der Waals surface area contributed by atoms with Gasteiger partial charge < -0.3 is 14.2 Å². The largest absolute Gasteiger partial charge is 0.490 e. The van der Waals surface area contributed by atoms with Crippen molar-refractivity contribution in [1.29, 1.82) is 0 Å². The van der Waals surface area contributed by atoms with E-state index < -0.39 is 17.8 Å². The highest BCUT2D eigenvalue weighted by Crippen LogP contribution is 2.30. The van der Waals surface area contributed by atoms with E-state index >= 15 is 0 Å². The normalized spacial score (nSPS) is 14.3. The molecule has 1 atom stereocenters. The van der Waals surface area contributed by atoms with Crippen molar-refractivity contribution in [2.75, 3.05) is 19.8 Å². The summed E-state index contributed by atoms with van der Waals surface area (Å²) in [6.07, 6.45) is 2.41. The molecule has 1 heterocycles. The van der Waals surface area contributed by atoms with Crippen LogP contribution < -0.4 is 24.8 Å². The van der Waals surface area contributed by atoms with Crippen LogP contribution >= 0.6 is 0 Å². The minimum Gasteiger partial charge on any atom is -0.490 e. The van der Waals surface area contributed by atoms with Crippen molar-refractivity contribution in [1.82, 2.24) is 10.6 Å². The van der Waals surface area contributed by atoms with Crippen LogP contribution in [0.2, 0.25) is 0 Å². The molecule has 0 bridgehead atoms. The molecule has 1 aliphatic rings. The van der Waals surface area contributed by atoms with E-state index in [9.17, 15) is 14.4 Å².